The molecule has 0 bridgehead atoms. The summed E-state index contributed by atoms with van der Waals surface area (Å²) in [7, 11) is 0. The summed E-state index contributed by atoms with van der Waals surface area (Å²) in [4.78, 5) is 23.9. The molecule has 1 aromatic carbocycles. The second-order valence-electron chi connectivity index (χ2n) is 5.17. The molecule has 120 valence electrons. The Morgan fingerprint density at radius 1 is 1.13 bits per heavy atom. The number of aromatic nitrogens is 1. The fourth-order valence-corrected chi connectivity index (χ4v) is 2.02. The molecule has 0 aliphatic carbocycles. The third-order valence-corrected chi connectivity index (χ3v) is 3.21. The van der Waals surface area contributed by atoms with Gasteiger partial charge in [-0.2, -0.15) is 4.57 Å². The fourth-order valence-electron chi connectivity index (χ4n) is 2.02. The number of amides is 1. The molecule has 0 saturated carbocycles. The molecular weight excluding hydrogens is 292 g/mol. The van der Waals surface area contributed by atoms with Crippen LogP contribution in [0.15, 0.2) is 54.9 Å². The minimum Gasteiger partial charge on any atom is -0.462 e. The summed E-state index contributed by atoms with van der Waals surface area (Å²) in [6.07, 6.45) is 5.19. The molecule has 1 aromatic heterocycles. The van der Waals surface area contributed by atoms with Crippen molar-refractivity contribution in [3.8, 4) is 0 Å². The fraction of sp³-hybridized carbons (Fsp3) is 0.278. The predicted octanol–water partition coefficient (Wildman–Crippen LogP) is 2.57. The molecule has 0 atom stereocenters. The first-order valence-corrected chi connectivity index (χ1v) is 7.70. The van der Waals surface area contributed by atoms with Crippen molar-refractivity contribution in [3.63, 3.8) is 0 Å². The molecule has 23 heavy (non-hydrogen) atoms. The highest BCUT2D eigenvalue weighted by Gasteiger charge is 2.14. The molecule has 0 spiro atoms. The number of rotatable bonds is 7. The molecule has 5 heteroatoms. The quantitative estimate of drug-likeness (QED) is 0.485. The number of carbonyl (C=O) groups excluding carboxylic acids is 2. The Bertz CT molecular complexity index is 656. The summed E-state index contributed by atoms with van der Waals surface area (Å²) < 4.78 is 6.83. The van der Waals surface area contributed by atoms with Gasteiger partial charge in [0.1, 0.15) is 5.56 Å². The summed E-state index contributed by atoms with van der Waals surface area (Å²) in [5.41, 5.74) is 1.18. The number of para-hydroxylation sites is 1. The lowest BCUT2D eigenvalue weighted by molar-refractivity contribution is -0.684. The van der Waals surface area contributed by atoms with Crippen LogP contribution in [0.5, 0.6) is 0 Å². The van der Waals surface area contributed by atoms with Crippen LogP contribution in [-0.4, -0.2) is 18.5 Å². The molecule has 1 N–H and O–H groups in total. The van der Waals surface area contributed by atoms with Crippen molar-refractivity contribution in [2.75, 3.05) is 11.9 Å². The number of carbonyl (C=O) groups is 2. The Morgan fingerprint density at radius 2 is 1.91 bits per heavy atom. The van der Waals surface area contributed by atoms with Crippen LogP contribution in [0, 0.1) is 0 Å². The summed E-state index contributed by atoms with van der Waals surface area (Å²) in [6, 6.07) is 12.7. The number of unbranched alkanes of at least 4 members (excludes halogenated alkanes) is 1. The molecule has 1 amide bonds. The van der Waals surface area contributed by atoms with E-state index in [9.17, 15) is 9.59 Å². The van der Waals surface area contributed by atoms with Gasteiger partial charge in [-0.3, -0.25) is 4.79 Å². The van der Waals surface area contributed by atoms with E-state index in [4.69, 9.17) is 4.74 Å². The molecule has 0 unspecified atom stereocenters. The third kappa shape index (κ3) is 5.54. The van der Waals surface area contributed by atoms with Gasteiger partial charge in [-0.15, -0.1) is 0 Å². The van der Waals surface area contributed by atoms with Gasteiger partial charge in [0.2, 0.25) is 6.54 Å². The summed E-state index contributed by atoms with van der Waals surface area (Å²) in [5.74, 6) is -0.519. The number of ether oxygens (including phenoxy) is 1. The Labute approximate surface area is 135 Å². The number of nitrogens with zero attached hydrogens (tertiary/aromatic N) is 1. The maximum Gasteiger partial charge on any atom is 0.344 e. The number of nitrogens with one attached hydrogen (secondary N) is 1. The van der Waals surface area contributed by atoms with Gasteiger partial charge < -0.3 is 10.1 Å². The molecule has 2 aromatic rings. The molecule has 0 aliphatic rings. The lowest BCUT2D eigenvalue weighted by Gasteiger charge is -2.04. The average Bonchev–Trinajstić information content (AvgIpc) is 2.56. The van der Waals surface area contributed by atoms with Gasteiger partial charge in [0, 0.05) is 11.8 Å². The molecule has 5 nitrogen and oxygen atoms in total. The molecule has 0 fully saturated rings. The van der Waals surface area contributed by atoms with E-state index in [-0.39, 0.29) is 18.4 Å². The van der Waals surface area contributed by atoms with Crippen LogP contribution in [0.25, 0.3) is 0 Å². The van der Waals surface area contributed by atoms with Crippen molar-refractivity contribution in [1.82, 2.24) is 0 Å². The Balaban J connectivity index is 1.94. The Kier molecular flexibility index (Phi) is 6.29. The van der Waals surface area contributed by atoms with E-state index in [1.807, 2.05) is 37.3 Å². The first-order chi connectivity index (χ1) is 11.2. The zero-order valence-corrected chi connectivity index (χ0v) is 13.2. The molecular formula is C18H21N2O3+. The van der Waals surface area contributed by atoms with E-state index >= 15 is 0 Å². The van der Waals surface area contributed by atoms with E-state index in [0.717, 1.165) is 18.5 Å². The maximum atomic E-state index is 12.0. The first-order valence-electron chi connectivity index (χ1n) is 7.70. The van der Waals surface area contributed by atoms with Crippen LogP contribution in [0.3, 0.4) is 0 Å². The minimum absolute atomic E-state index is 0.130. The standard InChI is InChI=1S/C18H20N2O3/c1-2-3-12-23-18(22)15-8-7-11-20(13-15)14-17(21)19-16-9-5-4-6-10-16/h4-11,13H,2-3,12,14H2,1H3/p+1. The number of anilines is 1. The topological polar surface area (TPSA) is 59.3 Å². The van der Waals surface area contributed by atoms with Gasteiger partial charge in [0.15, 0.2) is 12.4 Å². The first kappa shape index (κ1) is 16.7. The van der Waals surface area contributed by atoms with Gasteiger partial charge in [0.25, 0.3) is 5.91 Å². The number of esters is 1. The smallest absolute Gasteiger partial charge is 0.344 e. The van der Waals surface area contributed by atoms with Gasteiger partial charge in [-0.05, 0) is 24.6 Å². The second kappa shape index (κ2) is 8.68. The average molecular weight is 313 g/mol. The summed E-state index contributed by atoms with van der Waals surface area (Å²) >= 11 is 0. The minimum atomic E-state index is -0.365. The second-order valence-corrected chi connectivity index (χ2v) is 5.17. The van der Waals surface area contributed by atoms with Crippen molar-refractivity contribution in [3.05, 3.63) is 60.4 Å². The van der Waals surface area contributed by atoms with Gasteiger partial charge in [0.05, 0.1) is 6.61 Å². The number of pyridine rings is 1. The molecule has 0 saturated heterocycles. The van der Waals surface area contributed by atoms with Crippen molar-refractivity contribution in [1.29, 1.82) is 0 Å². The Hall–Kier alpha value is -2.69. The molecule has 0 aliphatic heterocycles. The van der Waals surface area contributed by atoms with E-state index in [1.54, 1.807) is 29.1 Å². The van der Waals surface area contributed by atoms with E-state index in [0.29, 0.717) is 12.2 Å². The monoisotopic (exact) mass is 313 g/mol. The van der Waals surface area contributed by atoms with Crippen LogP contribution in [0.2, 0.25) is 0 Å². The van der Waals surface area contributed by atoms with Gasteiger partial charge in [-0.1, -0.05) is 31.5 Å². The SMILES string of the molecule is CCCCOC(=O)c1ccc[n+](CC(=O)Nc2ccccc2)c1. The predicted molar refractivity (Wildman–Crippen MR) is 86.9 cm³/mol. The highest BCUT2D eigenvalue weighted by Crippen LogP contribution is 2.04. The largest absolute Gasteiger partial charge is 0.462 e. The van der Waals surface area contributed by atoms with Crippen molar-refractivity contribution >= 4 is 17.6 Å². The summed E-state index contributed by atoms with van der Waals surface area (Å²) in [5, 5.41) is 2.81. The van der Waals surface area contributed by atoms with E-state index < -0.39 is 0 Å². The molecule has 0 radical (unpaired) electrons. The maximum absolute atomic E-state index is 12.0. The summed E-state index contributed by atoms with van der Waals surface area (Å²) in [6.45, 7) is 2.58. The van der Waals surface area contributed by atoms with Crippen molar-refractivity contribution in [2.45, 2.75) is 26.3 Å². The Morgan fingerprint density at radius 3 is 2.65 bits per heavy atom. The number of hydrogen-bond acceptors (Lipinski definition) is 3. The highest BCUT2D eigenvalue weighted by atomic mass is 16.5. The zero-order chi connectivity index (χ0) is 16.5. The molecule has 2 rings (SSSR count). The van der Waals surface area contributed by atoms with Crippen LogP contribution >= 0.6 is 0 Å². The van der Waals surface area contributed by atoms with Crippen molar-refractivity contribution < 1.29 is 18.9 Å². The lowest BCUT2D eigenvalue weighted by atomic mass is 10.3. The van der Waals surface area contributed by atoms with Gasteiger partial charge in [-0.25, -0.2) is 4.79 Å². The lowest BCUT2D eigenvalue weighted by Crippen LogP contribution is -2.40. The zero-order valence-electron chi connectivity index (χ0n) is 13.2. The highest BCUT2D eigenvalue weighted by molar-refractivity contribution is 5.90. The normalized spacial score (nSPS) is 10.1. The van der Waals surface area contributed by atoms with Crippen LogP contribution in [0.1, 0.15) is 30.1 Å². The number of hydrogen-bond donors (Lipinski definition) is 1. The number of benzene rings is 1. The molecule has 1 heterocycles. The van der Waals surface area contributed by atoms with E-state index in [1.165, 1.54) is 0 Å². The van der Waals surface area contributed by atoms with Crippen LogP contribution < -0.4 is 9.88 Å². The van der Waals surface area contributed by atoms with Crippen molar-refractivity contribution in [2.24, 2.45) is 0 Å². The van der Waals surface area contributed by atoms with Gasteiger partial charge >= 0.3 is 5.97 Å². The van der Waals surface area contributed by atoms with E-state index in [2.05, 4.69) is 5.32 Å². The van der Waals surface area contributed by atoms with Crippen LogP contribution in [0.4, 0.5) is 5.69 Å². The third-order valence-electron chi connectivity index (χ3n) is 3.21. The van der Waals surface area contributed by atoms with Crippen LogP contribution in [-0.2, 0) is 16.1 Å².